The van der Waals surface area contributed by atoms with Crippen LogP contribution in [0.3, 0.4) is 0 Å². The summed E-state index contributed by atoms with van der Waals surface area (Å²) in [6, 6.07) is 14.4. The molecule has 3 rings (SSSR count). The van der Waals surface area contributed by atoms with Gasteiger partial charge in [0.25, 0.3) is 0 Å². The van der Waals surface area contributed by atoms with Crippen molar-refractivity contribution >= 4 is 0 Å². The highest BCUT2D eigenvalue weighted by atomic mass is 16.7. The van der Waals surface area contributed by atoms with E-state index < -0.39 is 37.3 Å². The van der Waals surface area contributed by atoms with E-state index in [1.807, 2.05) is 30.3 Å². The predicted molar refractivity (Wildman–Crippen MR) is 101 cm³/mol. The molecule has 0 aliphatic carbocycles. The highest BCUT2D eigenvalue weighted by Gasteiger charge is 2.44. The fourth-order valence-corrected chi connectivity index (χ4v) is 3.13. The van der Waals surface area contributed by atoms with Gasteiger partial charge in [0.2, 0.25) is 6.29 Å². The SMILES string of the molecule is COc1ccc(Cc2ccc(C#N)cc2O[C@@H]2O[C@H](CO)[C@@H](O)[C@H](O)[C@H]2O)cc1. The molecule has 0 spiro atoms. The number of aliphatic hydroxyl groups excluding tert-OH is 4. The Bertz CT molecular complexity index is 862. The van der Waals surface area contributed by atoms with Gasteiger partial charge in [0.15, 0.2) is 0 Å². The van der Waals surface area contributed by atoms with Crippen molar-refractivity contribution in [2.75, 3.05) is 13.7 Å². The van der Waals surface area contributed by atoms with Crippen LogP contribution in [0.1, 0.15) is 16.7 Å². The fourth-order valence-electron chi connectivity index (χ4n) is 3.13. The molecule has 0 bridgehead atoms. The van der Waals surface area contributed by atoms with Gasteiger partial charge in [0.1, 0.15) is 35.9 Å². The molecule has 8 nitrogen and oxygen atoms in total. The number of aliphatic hydroxyl groups is 4. The molecule has 5 atom stereocenters. The smallest absolute Gasteiger partial charge is 0.229 e. The van der Waals surface area contributed by atoms with Gasteiger partial charge in [-0.3, -0.25) is 0 Å². The third-order valence-electron chi connectivity index (χ3n) is 4.84. The average molecular weight is 401 g/mol. The number of hydrogen-bond donors (Lipinski definition) is 4. The summed E-state index contributed by atoms with van der Waals surface area (Å²) < 4.78 is 16.3. The number of hydrogen-bond acceptors (Lipinski definition) is 8. The third-order valence-corrected chi connectivity index (χ3v) is 4.84. The summed E-state index contributed by atoms with van der Waals surface area (Å²) in [5, 5.41) is 48.7. The lowest BCUT2D eigenvalue weighted by Crippen LogP contribution is -2.60. The summed E-state index contributed by atoms with van der Waals surface area (Å²) in [5.41, 5.74) is 2.04. The lowest BCUT2D eigenvalue weighted by atomic mass is 9.99. The molecule has 154 valence electrons. The summed E-state index contributed by atoms with van der Waals surface area (Å²) in [6.07, 6.45) is -6.49. The van der Waals surface area contributed by atoms with E-state index in [0.29, 0.717) is 17.7 Å². The summed E-state index contributed by atoms with van der Waals surface area (Å²) in [6.45, 7) is -0.554. The zero-order valence-electron chi connectivity index (χ0n) is 15.8. The van der Waals surface area contributed by atoms with E-state index >= 15 is 0 Å². The summed E-state index contributed by atoms with van der Waals surface area (Å²) in [5.74, 6) is 1.02. The fraction of sp³-hybridized carbons (Fsp3) is 0.381. The monoisotopic (exact) mass is 401 g/mol. The Labute approximate surface area is 168 Å². The van der Waals surface area contributed by atoms with Gasteiger partial charge >= 0.3 is 0 Å². The van der Waals surface area contributed by atoms with E-state index in [1.54, 1.807) is 19.2 Å². The zero-order chi connectivity index (χ0) is 21.0. The molecule has 0 unspecified atom stereocenters. The van der Waals surface area contributed by atoms with E-state index in [1.165, 1.54) is 6.07 Å². The second kappa shape index (κ2) is 9.22. The first-order chi connectivity index (χ1) is 14.0. The number of ether oxygens (including phenoxy) is 3. The molecule has 1 heterocycles. The Hall–Kier alpha value is -2.67. The topological polar surface area (TPSA) is 132 Å². The summed E-state index contributed by atoms with van der Waals surface area (Å²) in [4.78, 5) is 0. The van der Waals surface area contributed by atoms with Crippen molar-refractivity contribution in [1.29, 1.82) is 5.26 Å². The van der Waals surface area contributed by atoms with Crippen LogP contribution in [0.4, 0.5) is 0 Å². The maximum atomic E-state index is 10.2. The minimum Gasteiger partial charge on any atom is -0.497 e. The number of rotatable bonds is 6. The van der Waals surface area contributed by atoms with E-state index in [4.69, 9.17) is 14.2 Å². The van der Waals surface area contributed by atoms with Crippen LogP contribution in [-0.2, 0) is 11.2 Å². The molecular weight excluding hydrogens is 378 g/mol. The molecule has 1 aliphatic heterocycles. The van der Waals surface area contributed by atoms with Crippen LogP contribution in [0.2, 0.25) is 0 Å². The largest absolute Gasteiger partial charge is 0.497 e. The van der Waals surface area contributed by atoms with Gasteiger partial charge in [-0.1, -0.05) is 18.2 Å². The van der Waals surface area contributed by atoms with E-state index in [9.17, 15) is 25.7 Å². The molecule has 0 saturated carbocycles. The second-order valence-corrected chi connectivity index (χ2v) is 6.77. The highest BCUT2D eigenvalue weighted by molar-refractivity contribution is 5.45. The molecule has 0 amide bonds. The lowest BCUT2D eigenvalue weighted by molar-refractivity contribution is -0.277. The first kappa shape index (κ1) is 21.0. The van der Waals surface area contributed by atoms with Crippen molar-refractivity contribution in [3.05, 3.63) is 59.2 Å². The van der Waals surface area contributed by atoms with Crippen molar-refractivity contribution in [2.24, 2.45) is 0 Å². The zero-order valence-corrected chi connectivity index (χ0v) is 15.8. The van der Waals surface area contributed by atoms with Gasteiger partial charge < -0.3 is 34.6 Å². The van der Waals surface area contributed by atoms with Gasteiger partial charge in [-0.15, -0.1) is 0 Å². The van der Waals surface area contributed by atoms with Gasteiger partial charge in [0, 0.05) is 6.42 Å². The van der Waals surface area contributed by atoms with Crippen molar-refractivity contribution in [2.45, 2.75) is 37.1 Å². The Morgan fingerprint density at radius 2 is 1.76 bits per heavy atom. The number of benzene rings is 2. The van der Waals surface area contributed by atoms with E-state index in [-0.39, 0.29) is 0 Å². The standard InChI is InChI=1S/C21H23NO7/c1-27-15-6-3-12(4-7-15)8-14-5-2-13(10-22)9-16(14)28-21-20(26)19(25)18(24)17(11-23)29-21/h2-7,9,17-21,23-26H,8,11H2,1H3/t17-,18-,19+,20-,21-/m1/s1. The van der Waals surface area contributed by atoms with Crippen molar-refractivity contribution in [3.63, 3.8) is 0 Å². The van der Waals surface area contributed by atoms with E-state index in [2.05, 4.69) is 0 Å². The highest BCUT2D eigenvalue weighted by Crippen LogP contribution is 2.29. The summed E-state index contributed by atoms with van der Waals surface area (Å²) >= 11 is 0. The van der Waals surface area contributed by atoms with Crippen LogP contribution in [0.15, 0.2) is 42.5 Å². The molecule has 1 aliphatic rings. The van der Waals surface area contributed by atoms with Gasteiger partial charge in [-0.25, -0.2) is 0 Å². The normalized spacial score (nSPS) is 26.6. The predicted octanol–water partition coefficient (Wildman–Crippen LogP) is 0.336. The van der Waals surface area contributed by atoms with Crippen LogP contribution in [0.5, 0.6) is 11.5 Å². The quantitative estimate of drug-likeness (QED) is 0.545. The average Bonchev–Trinajstić information content (AvgIpc) is 2.75. The minimum absolute atomic E-state index is 0.296. The number of methoxy groups -OCH3 is 1. The van der Waals surface area contributed by atoms with Crippen molar-refractivity contribution in [3.8, 4) is 17.6 Å². The van der Waals surface area contributed by atoms with Crippen molar-refractivity contribution in [1.82, 2.24) is 0 Å². The van der Waals surface area contributed by atoms with Crippen LogP contribution in [0, 0.1) is 11.3 Å². The molecule has 2 aromatic rings. The third kappa shape index (κ3) is 4.67. The summed E-state index contributed by atoms with van der Waals surface area (Å²) in [7, 11) is 1.59. The van der Waals surface area contributed by atoms with Gasteiger partial charge in [-0.2, -0.15) is 5.26 Å². The van der Waals surface area contributed by atoms with Crippen LogP contribution < -0.4 is 9.47 Å². The van der Waals surface area contributed by atoms with Crippen molar-refractivity contribution < 1.29 is 34.6 Å². The van der Waals surface area contributed by atoms with E-state index in [0.717, 1.165) is 16.9 Å². The van der Waals surface area contributed by atoms with Crippen LogP contribution in [-0.4, -0.2) is 64.8 Å². The molecular formula is C21H23NO7. The molecule has 1 saturated heterocycles. The maximum absolute atomic E-state index is 10.2. The number of nitrogens with zero attached hydrogens (tertiary/aromatic N) is 1. The molecule has 8 heteroatoms. The Balaban J connectivity index is 1.86. The number of nitriles is 1. The first-order valence-electron chi connectivity index (χ1n) is 9.10. The molecule has 0 radical (unpaired) electrons. The first-order valence-corrected chi connectivity index (χ1v) is 9.10. The maximum Gasteiger partial charge on any atom is 0.229 e. The molecule has 0 aromatic heterocycles. The molecule has 29 heavy (non-hydrogen) atoms. The second-order valence-electron chi connectivity index (χ2n) is 6.77. The Morgan fingerprint density at radius 1 is 1.03 bits per heavy atom. The Kier molecular flexibility index (Phi) is 6.69. The van der Waals surface area contributed by atoms with Gasteiger partial charge in [0.05, 0.1) is 25.3 Å². The van der Waals surface area contributed by atoms with Crippen LogP contribution in [0.25, 0.3) is 0 Å². The molecule has 1 fully saturated rings. The molecule has 2 aromatic carbocycles. The van der Waals surface area contributed by atoms with Crippen LogP contribution >= 0.6 is 0 Å². The lowest BCUT2D eigenvalue weighted by Gasteiger charge is -2.39. The van der Waals surface area contributed by atoms with Gasteiger partial charge in [-0.05, 0) is 35.4 Å². The molecule has 4 N–H and O–H groups in total. The minimum atomic E-state index is -1.55. The Morgan fingerprint density at radius 3 is 2.38 bits per heavy atom.